The van der Waals surface area contributed by atoms with Crippen LogP contribution >= 0.6 is 12.2 Å². The van der Waals surface area contributed by atoms with Crippen LogP contribution in [0.5, 0.6) is 0 Å². The lowest BCUT2D eigenvalue weighted by molar-refractivity contribution is 0.105. The van der Waals surface area contributed by atoms with Crippen molar-refractivity contribution in [3.05, 3.63) is 59.6 Å². The molecule has 0 unspecified atom stereocenters. The van der Waals surface area contributed by atoms with Crippen LogP contribution in [0.25, 0.3) is 33.7 Å². The van der Waals surface area contributed by atoms with Crippen molar-refractivity contribution in [3.8, 4) is 22.8 Å². The smallest absolute Gasteiger partial charge is 0.288 e. The Hall–Kier alpha value is -2.94. The summed E-state index contributed by atoms with van der Waals surface area (Å²) in [5.41, 5.74) is 3.32. The number of hydrogen-bond donors (Lipinski definition) is 0. The number of nitrogens with zero attached hydrogens (tertiary/aromatic N) is 6. The molecule has 0 radical (unpaired) electrons. The number of pyridine rings is 2. The van der Waals surface area contributed by atoms with Crippen LogP contribution in [-0.4, -0.2) is 62.3 Å². The Bertz CT molecular complexity index is 1240. The van der Waals surface area contributed by atoms with Gasteiger partial charge < -0.3 is 9.32 Å². The summed E-state index contributed by atoms with van der Waals surface area (Å²) in [7, 11) is 0. The molecule has 1 fully saturated rings. The average Bonchev–Trinajstić information content (AvgIpc) is 3.19. The molecule has 1 aliphatic heterocycles. The van der Waals surface area contributed by atoms with Crippen LogP contribution in [0.2, 0.25) is 0 Å². The molecule has 0 aliphatic carbocycles. The van der Waals surface area contributed by atoms with E-state index in [9.17, 15) is 0 Å². The van der Waals surface area contributed by atoms with Crippen molar-refractivity contribution in [1.82, 2.24) is 29.5 Å². The lowest BCUT2D eigenvalue weighted by Gasteiger charge is -2.33. The first kappa shape index (κ1) is 20.0. The molecule has 4 heterocycles. The van der Waals surface area contributed by atoms with Gasteiger partial charge in [-0.05, 0) is 43.0 Å². The second-order valence-corrected chi connectivity index (χ2v) is 8.00. The maximum Gasteiger partial charge on any atom is 0.288 e. The fraction of sp³-hybridized carbons (Fsp3) is 0.304. The molecule has 5 rings (SSSR count). The van der Waals surface area contributed by atoms with Crippen molar-refractivity contribution in [2.45, 2.75) is 13.6 Å². The first-order valence-corrected chi connectivity index (χ1v) is 11.0. The first-order valence-electron chi connectivity index (χ1n) is 10.6. The van der Waals surface area contributed by atoms with E-state index in [-0.39, 0.29) is 0 Å². The molecule has 0 bridgehead atoms. The van der Waals surface area contributed by atoms with Crippen LogP contribution in [0.15, 0.2) is 59.1 Å². The quantitative estimate of drug-likeness (QED) is 0.440. The third kappa shape index (κ3) is 4.14. The van der Waals surface area contributed by atoms with E-state index in [1.54, 1.807) is 10.9 Å². The summed E-state index contributed by atoms with van der Waals surface area (Å²) in [5, 5.41) is 5.71. The zero-order chi connectivity index (χ0) is 21.2. The van der Waals surface area contributed by atoms with Gasteiger partial charge in [0.1, 0.15) is 0 Å². The van der Waals surface area contributed by atoms with Crippen LogP contribution in [0, 0.1) is 4.84 Å². The summed E-state index contributed by atoms with van der Waals surface area (Å²) in [6, 6.07) is 15.8. The predicted molar refractivity (Wildman–Crippen MR) is 123 cm³/mol. The molecule has 7 nitrogen and oxygen atoms in total. The van der Waals surface area contributed by atoms with Crippen LogP contribution in [0.4, 0.5) is 0 Å². The largest absolute Gasteiger partial charge is 0.409 e. The van der Waals surface area contributed by atoms with E-state index in [4.69, 9.17) is 26.7 Å². The number of fused-ring (bicyclic) bond motifs is 1. The molecule has 0 saturated carbocycles. The summed E-state index contributed by atoms with van der Waals surface area (Å²) < 4.78 is 7.74. The summed E-state index contributed by atoms with van der Waals surface area (Å²) in [6.07, 6.45) is 1.77. The first-order chi connectivity index (χ1) is 15.2. The van der Waals surface area contributed by atoms with E-state index >= 15 is 0 Å². The highest BCUT2D eigenvalue weighted by Gasteiger charge is 2.19. The highest BCUT2D eigenvalue weighted by molar-refractivity contribution is 7.71. The normalized spacial score (nSPS) is 15.5. The zero-order valence-electron chi connectivity index (χ0n) is 17.4. The Morgan fingerprint density at radius 3 is 2.52 bits per heavy atom. The third-order valence-corrected chi connectivity index (χ3v) is 6.02. The van der Waals surface area contributed by atoms with E-state index in [1.807, 2.05) is 48.5 Å². The van der Waals surface area contributed by atoms with Crippen LogP contribution in [-0.2, 0) is 6.67 Å². The van der Waals surface area contributed by atoms with Crippen molar-refractivity contribution in [2.75, 3.05) is 32.7 Å². The van der Waals surface area contributed by atoms with E-state index in [0.29, 0.717) is 17.4 Å². The molecule has 0 amide bonds. The Morgan fingerprint density at radius 1 is 0.968 bits per heavy atom. The standard InChI is InChI=1S/C23H24N6OS/c1-2-27-11-13-28(14-12-27)16-29-23(31)30-22(26-29)18-15-21(20-9-5-6-10-24-20)25-19-8-4-3-7-17(18)19/h3-10,15H,2,11-14,16H2,1H3. The van der Waals surface area contributed by atoms with Crippen molar-refractivity contribution in [3.63, 3.8) is 0 Å². The fourth-order valence-electron chi connectivity index (χ4n) is 3.94. The maximum absolute atomic E-state index is 5.96. The molecule has 8 heteroatoms. The molecule has 1 saturated heterocycles. The number of benzene rings is 1. The lowest BCUT2D eigenvalue weighted by Crippen LogP contribution is -2.46. The topological polar surface area (TPSA) is 63.2 Å². The summed E-state index contributed by atoms with van der Waals surface area (Å²) >= 11 is 5.51. The van der Waals surface area contributed by atoms with Gasteiger partial charge in [-0.3, -0.25) is 9.88 Å². The zero-order valence-corrected chi connectivity index (χ0v) is 18.3. The summed E-state index contributed by atoms with van der Waals surface area (Å²) in [4.78, 5) is 14.4. The predicted octanol–water partition coefficient (Wildman–Crippen LogP) is 4.08. The van der Waals surface area contributed by atoms with Crippen molar-refractivity contribution < 1.29 is 4.42 Å². The number of aromatic nitrogens is 4. The molecule has 1 aliphatic rings. The van der Waals surface area contributed by atoms with Crippen LogP contribution < -0.4 is 0 Å². The molecule has 158 valence electrons. The molecule has 0 N–H and O–H groups in total. The molecule has 3 aromatic heterocycles. The number of para-hydroxylation sites is 1. The van der Waals surface area contributed by atoms with E-state index in [2.05, 4.69) is 21.7 Å². The Morgan fingerprint density at radius 2 is 1.74 bits per heavy atom. The third-order valence-electron chi connectivity index (χ3n) is 5.73. The minimum atomic E-state index is 0.383. The van der Waals surface area contributed by atoms with Gasteiger partial charge in [0, 0.05) is 37.8 Å². The van der Waals surface area contributed by atoms with Crippen LogP contribution in [0.1, 0.15) is 6.92 Å². The van der Waals surface area contributed by atoms with Gasteiger partial charge in [-0.15, -0.1) is 5.10 Å². The second kappa shape index (κ2) is 8.66. The van der Waals surface area contributed by atoms with Crippen molar-refractivity contribution >= 4 is 23.1 Å². The Balaban J connectivity index is 1.51. The van der Waals surface area contributed by atoms with E-state index in [0.717, 1.165) is 60.6 Å². The maximum atomic E-state index is 5.96. The number of rotatable bonds is 5. The Labute approximate surface area is 186 Å². The van der Waals surface area contributed by atoms with Gasteiger partial charge >= 0.3 is 0 Å². The highest BCUT2D eigenvalue weighted by Crippen LogP contribution is 2.30. The monoisotopic (exact) mass is 432 g/mol. The Kier molecular flexibility index (Phi) is 5.59. The van der Waals surface area contributed by atoms with Gasteiger partial charge in [0.05, 0.1) is 29.1 Å². The highest BCUT2D eigenvalue weighted by atomic mass is 32.1. The van der Waals surface area contributed by atoms with Crippen molar-refractivity contribution in [2.24, 2.45) is 0 Å². The average molecular weight is 433 g/mol. The van der Waals surface area contributed by atoms with Gasteiger partial charge in [-0.2, -0.15) is 0 Å². The van der Waals surface area contributed by atoms with E-state index < -0.39 is 0 Å². The van der Waals surface area contributed by atoms with Gasteiger partial charge in [-0.25, -0.2) is 9.67 Å². The number of piperazine rings is 1. The van der Waals surface area contributed by atoms with E-state index in [1.165, 1.54) is 0 Å². The molecule has 0 spiro atoms. The minimum absolute atomic E-state index is 0.383. The number of hydrogen-bond acceptors (Lipinski definition) is 7. The fourth-order valence-corrected chi connectivity index (χ4v) is 4.12. The molecular weight excluding hydrogens is 408 g/mol. The summed E-state index contributed by atoms with van der Waals surface area (Å²) in [6.45, 7) is 8.06. The molecule has 0 atom stereocenters. The lowest BCUT2D eigenvalue weighted by atomic mass is 10.1. The van der Waals surface area contributed by atoms with Crippen molar-refractivity contribution in [1.29, 1.82) is 0 Å². The van der Waals surface area contributed by atoms with Crippen LogP contribution in [0.3, 0.4) is 0 Å². The SMILES string of the molecule is CCN1CCN(Cn2nc(-c3cc(-c4ccccn4)nc4ccccc34)oc2=S)CC1. The molecular formula is C23H24N6OS. The van der Waals surface area contributed by atoms with Gasteiger partial charge in [0.25, 0.3) is 4.84 Å². The molecule has 4 aromatic rings. The van der Waals surface area contributed by atoms with Gasteiger partial charge in [0.15, 0.2) is 0 Å². The minimum Gasteiger partial charge on any atom is -0.409 e. The van der Waals surface area contributed by atoms with Gasteiger partial charge in [-0.1, -0.05) is 31.2 Å². The molecule has 31 heavy (non-hydrogen) atoms. The van der Waals surface area contributed by atoms with Gasteiger partial charge in [0.2, 0.25) is 5.89 Å². The summed E-state index contributed by atoms with van der Waals surface area (Å²) in [5.74, 6) is 0.507. The molecule has 1 aromatic carbocycles. The second-order valence-electron chi connectivity index (χ2n) is 7.65. The number of likely N-dealkylation sites (N-methyl/N-ethyl adjacent to an activating group) is 1.